The Bertz CT molecular complexity index is 662. The first-order valence-corrected chi connectivity index (χ1v) is 7.02. The van der Waals surface area contributed by atoms with E-state index in [0.717, 1.165) is 0 Å². The normalized spacial score (nSPS) is 9.95. The topological polar surface area (TPSA) is 59.6 Å². The Labute approximate surface area is 134 Å². The third-order valence-electron chi connectivity index (χ3n) is 2.98. The third-order valence-corrected chi connectivity index (χ3v) is 3.22. The molecule has 0 unspecified atom stereocenters. The quantitative estimate of drug-likeness (QED) is 0.856. The zero-order valence-electron chi connectivity index (χ0n) is 12.4. The van der Waals surface area contributed by atoms with Crippen molar-refractivity contribution in [2.24, 2.45) is 0 Å². The fourth-order valence-electron chi connectivity index (χ4n) is 1.94. The molecule has 22 heavy (non-hydrogen) atoms. The number of halogens is 1. The standard InChI is InChI=1S/C16H17ClN2O3/c1-21-14-6-4-3-5-12(14)19-16(20)10-18-13-9-11(17)7-8-15(13)22-2/h3-9,18H,10H2,1-2H3,(H,19,20). The molecule has 0 aromatic heterocycles. The van der Waals surface area contributed by atoms with Crippen molar-refractivity contribution in [1.29, 1.82) is 0 Å². The first kappa shape index (κ1) is 16.0. The van der Waals surface area contributed by atoms with Gasteiger partial charge in [0.05, 0.1) is 32.1 Å². The summed E-state index contributed by atoms with van der Waals surface area (Å²) in [4.78, 5) is 12.0. The number of hydrogen-bond donors (Lipinski definition) is 2. The van der Waals surface area contributed by atoms with E-state index in [1.54, 1.807) is 44.6 Å². The van der Waals surface area contributed by atoms with Gasteiger partial charge in [-0.05, 0) is 30.3 Å². The Morgan fingerprint density at radius 2 is 1.73 bits per heavy atom. The van der Waals surface area contributed by atoms with E-state index >= 15 is 0 Å². The summed E-state index contributed by atoms with van der Waals surface area (Å²) in [5.74, 6) is 1.03. The summed E-state index contributed by atoms with van der Waals surface area (Å²) in [7, 11) is 3.11. The Morgan fingerprint density at radius 1 is 1.05 bits per heavy atom. The number of para-hydroxylation sites is 2. The van der Waals surface area contributed by atoms with Crippen LogP contribution in [-0.2, 0) is 4.79 Å². The predicted octanol–water partition coefficient (Wildman–Crippen LogP) is 3.41. The number of ether oxygens (including phenoxy) is 2. The van der Waals surface area contributed by atoms with Gasteiger partial charge in [0.2, 0.25) is 5.91 Å². The van der Waals surface area contributed by atoms with Crippen LogP contribution in [-0.4, -0.2) is 26.7 Å². The van der Waals surface area contributed by atoms with Crippen molar-refractivity contribution in [3.05, 3.63) is 47.5 Å². The molecular formula is C16H17ClN2O3. The maximum absolute atomic E-state index is 12.0. The lowest BCUT2D eigenvalue weighted by Gasteiger charge is -2.13. The molecule has 2 aromatic carbocycles. The molecular weight excluding hydrogens is 304 g/mol. The maximum Gasteiger partial charge on any atom is 0.243 e. The van der Waals surface area contributed by atoms with E-state index in [-0.39, 0.29) is 12.5 Å². The van der Waals surface area contributed by atoms with Gasteiger partial charge in [-0.3, -0.25) is 4.79 Å². The molecule has 0 saturated heterocycles. The Kier molecular flexibility index (Phi) is 5.49. The summed E-state index contributed by atoms with van der Waals surface area (Å²) in [6, 6.07) is 12.4. The molecule has 1 amide bonds. The van der Waals surface area contributed by atoms with Crippen molar-refractivity contribution < 1.29 is 14.3 Å². The van der Waals surface area contributed by atoms with Gasteiger partial charge in [0, 0.05) is 5.02 Å². The molecule has 116 valence electrons. The van der Waals surface area contributed by atoms with Gasteiger partial charge in [-0.15, -0.1) is 0 Å². The van der Waals surface area contributed by atoms with Crippen LogP contribution in [0.25, 0.3) is 0 Å². The number of hydrogen-bond acceptors (Lipinski definition) is 4. The number of amides is 1. The average Bonchev–Trinajstić information content (AvgIpc) is 2.53. The lowest BCUT2D eigenvalue weighted by molar-refractivity contribution is -0.114. The van der Waals surface area contributed by atoms with Crippen LogP contribution < -0.4 is 20.1 Å². The molecule has 0 heterocycles. The van der Waals surface area contributed by atoms with Gasteiger partial charge < -0.3 is 20.1 Å². The minimum absolute atomic E-state index is 0.0781. The smallest absolute Gasteiger partial charge is 0.243 e. The summed E-state index contributed by atoms with van der Waals surface area (Å²) >= 11 is 5.95. The number of anilines is 2. The fraction of sp³-hybridized carbons (Fsp3) is 0.188. The fourth-order valence-corrected chi connectivity index (χ4v) is 2.11. The molecule has 0 bridgehead atoms. The Hall–Kier alpha value is -2.40. The molecule has 0 radical (unpaired) electrons. The predicted molar refractivity (Wildman–Crippen MR) is 88.1 cm³/mol. The van der Waals surface area contributed by atoms with E-state index in [4.69, 9.17) is 21.1 Å². The van der Waals surface area contributed by atoms with Crippen molar-refractivity contribution >= 4 is 28.9 Å². The van der Waals surface area contributed by atoms with Gasteiger partial charge in [-0.25, -0.2) is 0 Å². The Balaban J connectivity index is 2.00. The van der Waals surface area contributed by atoms with Crippen molar-refractivity contribution in [1.82, 2.24) is 0 Å². The highest BCUT2D eigenvalue weighted by Crippen LogP contribution is 2.27. The maximum atomic E-state index is 12.0. The first-order valence-electron chi connectivity index (χ1n) is 6.64. The summed E-state index contributed by atoms with van der Waals surface area (Å²) < 4.78 is 10.4. The van der Waals surface area contributed by atoms with Gasteiger partial charge >= 0.3 is 0 Å². The molecule has 0 fully saturated rings. The molecule has 2 aromatic rings. The van der Waals surface area contributed by atoms with E-state index < -0.39 is 0 Å². The van der Waals surface area contributed by atoms with Crippen molar-refractivity contribution in [3.63, 3.8) is 0 Å². The van der Waals surface area contributed by atoms with E-state index in [0.29, 0.717) is 27.9 Å². The second-order valence-electron chi connectivity index (χ2n) is 4.45. The van der Waals surface area contributed by atoms with Crippen molar-refractivity contribution in [3.8, 4) is 11.5 Å². The molecule has 2 N–H and O–H groups in total. The van der Waals surface area contributed by atoms with E-state index in [9.17, 15) is 4.79 Å². The number of methoxy groups -OCH3 is 2. The highest BCUT2D eigenvalue weighted by Gasteiger charge is 2.09. The van der Waals surface area contributed by atoms with Gasteiger partial charge in [-0.2, -0.15) is 0 Å². The van der Waals surface area contributed by atoms with Crippen LogP contribution in [0.15, 0.2) is 42.5 Å². The monoisotopic (exact) mass is 320 g/mol. The van der Waals surface area contributed by atoms with Gasteiger partial charge in [0.25, 0.3) is 0 Å². The second kappa shape index (κ2) is 7.56. The van der Waals surface area contributed by atoms with Crippen LogP contribution >= 0.6 is 11.6 Å². The lowest BCUT2D eigenvalue weighted by atomic mass is 10.2. The van der Waals surface area contributed by atoms with Crippen LogP contribution in [0, 0.1) is 0 Å². The number of carbonyl (C=O) groups is 1. The molecule has 0 aliphatic heterocycles. The van der Waals surface area contributed by atoms with Crippen LogP contribution in [0.3, 0.4) is 0 Å². The summed E-state index contributed by atoms with van der Waals surface area (Å²) in [5.41, 5.74) is 1.28. The number of rotatable bonds is 6. The van der Waals surface area contributed by atoms with Gasteiger partial charge in [-0.1, -0.05) is 23.7 Å². The lowest BCUT2D eigenvalue weighted by Crippen LogP contribution is -2.22. The Morgan fingerprint density at radius 3 is 2.45 bits per heavy atom. The molecule has 5 nitrogen and oxygen atoms in total. The number of nitrogens with one attached hydrogen (secondary N) is 2. The number of benzene rings is 2. The highest BCUT2D eigenvalue weighted by molar-refractivity contribution is 6.30. The largest absolute Gasteiger partial charge is 0.495 e. The summed E-state index contributed by atoms with van der Waals surface area (Å²) in [6.07, 6.45) is 0. The SMILES string of the molecule is COc1ccc(Cl)cc1NCC(=O)Nc1ccccc1OC. The molecule has 0 atom stereocenters. The van der Waals surface area contributed by atoms with E-state index in [1.807, 2.05) is 12.1 Å². The van der Waals surface area contributed by atoms with Crippen LogP contribution in [0.5, 0.6) is 11.5 Å². The summed E-state index contributed by atoms with van der Waals surface area (Å²) in [6.45, 7) is 0.0781. The van der Waals surface area contributed by atoms with Gasteiger partial charge in [0.15, 0.2) is 0 Å². The molecule has 6 heteroatoms. The zero-order chi connectivity index (χ0) is 15.9. The van der Waals surface area contributed by atoms with E-state index in [2.05, 4.69) is 10.6 Å². The molecule has 0 saturated carbocycles. The third kappa shape index (κ3) is 4.05. The molecule has 0 aliphatic carbocycles. The van der Waals surface area contributed by atoms with Crippen LogP contribution in [0.4, 0.5) is 11.4 Å². The molecule has 2 rings (SSSR count). The van der Waals surface area contributed by atoms with Crippen molar-refractivity contribution in [2.75, 3.05) is 31.4 Å². The first-order chi connectivity index (χ1) is 10.6. The van der Waals surface area contributed by atoms with Gasteiger partial charge in [0.1, 0.15) is 11.5 Å². The van der Waals surface area contributed by atoms with Crippen molar-refractivity contribution in [2.45, 2.75) is 0 Å². The second-order valence-corrected chi connectivity index (χ2v) is 4.88. The number of carbonyl (C=O) groups excluding carboxylic acids is 1. The minimum atomic E-state index is -0.202. The summed E-state index contributed by atoms with van der Waals surface area (Å²) in [5, 5.41) is 6.35. The molecule has 0 aliphatic rings. The van der Waals surface area contributed by atoms with Crippen LogP contribution in [0.2, 0.25) is 5.02 Å². The van der Waals surface area contributed by atoms with Crippen LogP contribution in [0.1, 0.15) is 0 Å². The average molecular weight is 321 g/mol. The zero-order valence-corrected chi connectivity index (χ0v) is 13.1. The minimum Gasteiger partial charge on any atom is -0.495 e. The molecule has 0 spiro atoms. The highest BCUT2D eigenvalue weighted by atomic mass is 35.5. The van der Waals surface area contributed by atoms with E-state index in [1.165, 1.54) is 0 Å².